The summed E-state index contributed by atoms with van der Waals surface area (Å²) in [5, 5.41) is 9.98. The summed E-state index contributed by atoms with van der Waals surface area (Å²) in [6.45, 7) is 6.25. The van der Waals surface area contributed by atoms with Gasteiger partial charge in [0, 0.05) is 44.7 Å². The van der Waals surface area contributed by atoms with Crippen molar-refractivity contribution >= 4 is 5.95 Å². The quantitative estimate of drug-likeness (QED) is 0.885. The van der Waals surface area contributed by atoms with Crippen molar-refractivity contribution in [2.24, 2.45) is 5.92 Å². The third-order valence-corrected chi connectivity index (χ3v) is 5.60. The summed E-state index contributed by atoms with van der Waals surface area (Å²) in [4.78, 5) is 24.8. The topological polar surface area (TPSA) is 72.5 Å². The first-order chi connectivity index (χ1) is 12.6. The molecule has 2 aliphatic heterocycles. The van der Waals surface area contributed by atoms with Gasteiger partial charge in [-0.15, -0.1) is 0 Å². The van der Waals surface area contributed by atoms with Gasteiger partial charge in [0.1, 0.15) is 5.75 Å². The number of para-hydroxylation sites is 1. The minimum atomic E-state index is -0.0226. The fourth-order valence-corrected chi connectivity index (χ4v) is 3.86. The number of aromatic nitrogens is 2. The Morgan fingerprint density at radius 2 is 2.00 bits per heavy atom. The first-order valence-corrected chi connectivity index (χ1v) is 9.46. The number of aromatic amines is 1. The maximum atomic E-state index is 12.7. The lowest BCUT2D eigenvalue weighted by molar-refractivity contribution is 0.238. The standard InChI is InChI=1S/C20H26N4O2/c1-14-6-10-24(11-7-14)20-21-17-8-9-23(13-16(17)19(26)22-20)12-15-4-2-3-5-18(15)25/h2-5,14,25H,6-13H2,1H3,(H,21,22,26). The molecule has 2 aliphatic rings. The van der Waals surface area contributed by atoms with E-state index in [-0.39, 0.29) is 5.56 Å². The number of piperidine rings is 1. The van der Waals surface area contributed by atoms with E-state index in [1.165, 1.54) is 0 Å². The molecule has 6 heteroatoms. The Morgan fingerprint density at radius 1 is 1.23 bits per heavy atom. The molecule has 2 aromatic rings. The number of aromatic hydroxyl groups is 1. The summed E-state index contributed by atoms with van der Waals surface area (Å²) in [5.74, 6) is 1.79. The lowest BCUT2D eigenvalue weighted by atomic mass is 9.99. The average molecular weight is 354 g/mol. The molecule has 138 valence electrons. The largest absolute Gasteiger partial charge is 0.508 e. The van der Waals surface area contributed by atoms with E-state index in [1.54, 1.807) is 6.07 Å². The van der Waals surface area contributed by atoms with Crippen molar-refractivity contribution in [1.82, 2.24) is 14.9 Å². The molecule has 3 heterocycles. The van der Waals surface area contributed by atoms with Crippen LogP contribution >= 0.6 is 0 Å². The van der Waals surface area contributed by atoms with Gasteiger partial charge < -0.3 is 10.0 Å². The Labute approximate surface area is 153 Å². The molecule has 0 amide bonds. The highest BCUT2D eigenvalue weighted by Crippen LogP contribution is 2.24. The number of phenolic OH excluding ortho intramolecular Hbond substituents is 1. The highest BCUT2D eigenvalue weighted by molar-refractivity contribution is 5.35. The molecule has 0 bridgehead atoms. The molecule has 0 unspecified atom stereocenters. The minimum Gasteiger partial charge on any atom is -0.508 e. The Kier molecular flexibility index (Phi) is 4.68. The number of H-pyrrole nitrogens is 1. The van der Waals surface area contributed by atoms with E-state index in [0.29, 0.717) is 18.8 Å². The molecule has 0 saturated carbocycles. The number of phenols is 1. The first-order valence-electron chi connectivity index (χ1n) is 9.46. The molecule has 0 radical (unpaired) electrons. The Hall–Kier alpha value is -2.34. The van der Waals surface area contributed by atoms with Crippen molar-refractivity contribution in [3.8, 4) is 5.75 Å². The summed E-state index contributed by atoms with van der Waals surface area (Å²) >= 11 is 0. The van der Waals surface area contributed by atoms with Crippen LogP contribution in [0.25, 0.3) is 0 Å². The molecule has 0 atom stereocenters. The van der Waals surface area contributed by atoms with Gasteiger partial charge >= 0.3 is 0 Å². The second-order valence-corrected chi connectivity index (χ2v) is 7.57. The molecular weight excluding hydrogens is 328 g/mol. The number of rotatable bonds is 3. The number of fused-ring (bicyclic) bond motifs is 1. The van der Waals surface area contributed by atoms with Crippen molar-refractivity contribution in [3.05, 3.63) is 51.4 Å². The number of hydrogen-bond donors (Lipinski definition) is 2. The van der Waals surface area contributed by atoms with Crippen LogP contribution in [-0.2, 0) is 19.5 Å². The van der Waals surface area contributed by atoms with Crippen LogP contribution in [0.1, 0.15) is 36.6 Å². The third kappa shape index (κ3) is 3.46. The van der Waals surface area contributed by atoms with Crippen molar-refractivity contribution in [2.45, 2.75) is 39.3 Å². The summed E-state index contributed by atoms with van der Waals surface area (Å²) in [6, 6.07) is 7.37. The van der Waals surface area contributed by atoms with Crippen molar-refractivity contribution < 1.29 is 5.11 Å². The number of anilines is 1. The highest BCUT2D eigenvalue weighted by atomic mass is 16.3. The van der Waals surface area contributed by atoms with Crippen molar-refractivity contribution in [3.63, 3.8) is 0 Å². The van der Waals surface area contributed by atoms with Gasteiger partial charge in [0.15, 0.2) is 0 Å². The van der Waals surface area contributed by atoms with Crippen LogP contribution < -0.4 is 10.5 Å². The first kappa shape index (κ1) is 17.1. The number of nitrogens with zero attached hydrogens (tertiary/aromatic N) is 3. The van der Waals surface area contributed by atoms with E-state index in [2.05, 4.69) is 21.7 Å². The molecule has 1 fully saturated rings. The van der Waals surface area contributed by atoms with E-state index in [9.17, 15) is 9.90 Å². The number of nitrogens with one attached hydrogen (secondary N) is 1. The number of benzene rings is 1. The fourth-order valence-electron chi connectivity index (χ4n) is 3.86. The van der Waals surface area contributed by atoms with Gasteiger partial charge in [-0.05, 0) is 24.8 Å². The average Bonchev–Trinajstić information content (AvgIpc) is 2.64. The minimum absolute atomic E-state index is 0.0226. The lowest BCUT2D eigenvalue weighted by Gasteiger charge is -2.32. The van der Waals surface area contributed by atoms with Gasteiger partial charge in [0.2, 0.25) is 5.95 Å². The number of hydrogen-bond acceptors (Lipinski definition) is 5. The van der Waals surface area contributed by atoms with E-state index in [4.69, 9.17) is 4.98 Å². The second kappa shape index (κ2) is 7.11. The van der Waals surface area contributed by atoms with Crippen molar-refractivity contribution in [2.75, 3.05) is 24.5 Å². The van der Waals surface area contributed by atoms with Crippen LogP contribution in [0.3, 0.4) is 0 Å². The van der Waals surface area contributed by atoms with Gasteiger partial charge in [0.25, 0.3) is 5.56 Å². The molecule has 1 saturated heterocycles. The molecule has 4 rings (SSSR count). The van der Waals surface area contributed by atoms with Gasteiger partial charge in [-0.25, -0.2) is 4.98 Å². The molecule has 0 spiro atoms. The summed E-state index contributed by atoms with van der Waals surface area (Å²) < 4.78 is 0. The smallest absolute Gasteiger partial charge is 0.257 e. The normalized spacial score (nSPS) is 18.7. The molecule has 2 N–H and O–H groups in total. The Bertz CT molecular complexity index is 840. The Morgan fingerprint density at radius 3 is 2.77 bits per heavy atom. The third-order valence-electron chi connectivity index (χ3n) is 5.60. The SMILES string of the molecule is CC1CCN(c2nc3c(c(=O)[nH]2)CN(Cc2ccccc2O)CC3)CC1. The maximum absolute atomic E-state index is 12.7. The van der Waals surface area contributed by atoms with Crippen molar-refractivity contribution in [1.29, 1.82) is 0 Å². The van der Waals surface area contributed by atoms with E-state index in [0.717, 1.165) is 67.6 Å². The van der Waals surface area contributed by atoms with Crippen LogP contribution in [0.2, 0.25) is 0 Å². The molecule has 1 aromatic heterocycles. The lowest BCUT2D eigenvalue weighted by Crippen LogP contribution is -2.39. The van der Waals surface area contributed by atoms with Crippen LogP contribution in [0.15, 0.2) is 29.1 Å². The molecule has 1 aromatic carbocycles. The van der Waals surface area contributed by atoms with Crippen LogP contribution in [0.5, 0.6) is 5.75 Å². The van der Waals surface area contributed by atoms with Crippen LogP contribution in [-0.4, -0.2) is 39.6 Å². The monoisotopic (exact) mass is 354 g/mol. The van der Waals surface area contributed by atoms with Crippen LogP contribution in [0, 0.1) is 5.92 Å². The van der Waals surface area contributed by atoms with E-state index >= 15 is 0 Å². The van der Waals surface area contributed by atoms with Gasteiger partial charge in [0.05, 0.1) is 11.3 Å². The Balaban J connectivity index is 1.51. The van der Waals surface area contributed by atoms with Gasteiger partial charge in [-0.2, -0.15) is 0 Å². The van der Waals surface area contributed by atoms with Gasteiger partial charge in [-0.1, -0.05) is 25.1 Å². The van der Waals surface area contributed by atoms with Gasteiger partial charge in [-0.3, -0.25) is 14.7 Å². The summed E-state index contributed by atoms with van der Waals surface area (Å²) in [7, 11) is 0. The molecular formula is C20H26N4O2. The van der Waals surface area contributed by atoms with E-state index in [1.807, 2.05) is 18.2 Å². The fraction of sp³-hybridized carbons (Fsp3) is 0.500. The maximum Gasteiger partial charge on any atom is 0.257 e. The zero-order valence-electron chi connectivity index (χ0n) is 15.2. The predicted molar refractivity (Wildman–Crippen MR) is 101 cm³/mol. The molecule has 0 aliphatic carbocycles. The predicted octanol–water partition coefficient (Wildman–Crippen LogP) is 2.27. The van der Waals surface area contributed by atoms with Crippen LogP contribution in [0.4, 0.5) is 5.95 Å². The van der Waals surface area contributed by atoms with E-state index < -0.39 is 0 Å². The zero-order chi connectivity index (χ0) is 18.1. The molecule has 6 nitrogen and oxygen atoms in total. The zero-order valence-corrected chi connectivity index (χ0v) is 15.2. The summed E-state index contributed by atoms with van der Waals surface area (Å²) in [6.07, 6.45) is 3.06. The second-order valence-electron chi connectivity index (χ2n) is 7.57. The molecule has 26 heavy (non-hydrogen) atoms. The highest BCUT2D eigenvalue weighted by Gasteiger charge is 2.24. The summed E-state index contributed by atoms with van der Waals surface area (Å²) in [5.41, 5.74) is 2.56.